The predicted molar refractivity (Wildman–Crippen MR) is 131 cm³/mol. The molecule has 0 atom stereocenters. The second kappa shape index (κ2) is 11.3. The van der Waals surface area contributed by atoms with Gasteiger partial charge in [-0.25, -0.2) is 0 Å². The Hall–Kier alpha value is -0.336. The van der Waals surface area contributed by atoms with Crippen molar-refractivity contribution in [2.75, 3.05) is 0 Å². The average Bonchev–Trinajstić information content (AvgIpc) is 3.03. The first-order valence-corrected chi connectivity index (χ1v) is 12.6. The van der Waals surface area contributed by atoms with Crippen LogP contribution in [0.25, 0.3) is 0 Å². The molecule has 0 bridgehead atoms. The van der Waals surface area contributed by atoms with Crippen LogP contribution in [0.15, 0.2) is 39.8 Å². The van der Waals surface area contributed by atoms with E-state index in [2.05, 4.69) is 92.7 Å². The largest absolute Gasteiger partial charge is 0.147 e. The van der Waals surface area contributed by atoms with Gasteiger partial charge in [0.05, 0.1) is 0 Å². The van der Waals surface area contributed by atoms with Gasteiger partial charge in [0.2, 0.25) is 0 Å². The van der Waals surface area contributed by atoms with Crippen molar-refractivity contribution >= 4 is 28.6 Å². The van der Waals surface area contributed by atoms with Gasteiger partial charge < -0.3 is 0 Å². The zero-order chi connectivity index (χ0) is 20.4. The number of rotatable bonds is 5. The molecule has 0 fully saturated rings. The van der Waals surface area contributed by atoms with E-state index in [1.54, 1.807) is 7.69 Å². The summed E-state index contributed by atoms with van der Waals surface area (Å²) < 4.78 is 10.2. The van der Waals surface area contributed by atoms with E-state index in [9.17, 15) is 0 Å². The van der Waals surface area contributed by atoms with Crippen LogP contribution in [0.1, 0.15) is 85.8 Å². The third-order valence-corrected chi connectivity index (χ3v) is 9.71. The number of aryl methyl sites for hydroxylation is 1. The van der Waals surface area contributed by atoms with Crippen molar-refractivity contribution in [3.8, 4) is 5.75 Å². The molecular weight excluding hydrogens is 435 g/mol. The fourth-order valence-corrected chi connectivity index (χ4v) is 7.91. The molecule has 29 heavy (non-hydrogen) atoms. The molecule has 2 rings (SSSR count). The summed E-state index contributed by atoms with van der Waals surface area (Å²) in [6.07, 6.45) is 8.02. The van der Waals surface area contributed by atoms with E-state index < -0.39 is 17.8 Å². The first-order valence-electron chi connectivity index (χ1n) is 10.4. The Balaban J connectivity index is 0.00000392. The first kappa shape index (κ1) is 28.7. The van der Waals surface area contributed by atoms with Crippen LogP contribution in [0.2, 0.25) is 0 Å². The molecule has 0 radical (unpaired) electrons. The van der Waals surface area contributed by atoms with Gasteiger partial charge in [0.1, 0.15) is 0 Å². The van der Waals surface area contributed by atoms with Crippen molar-refractivity contribution in [3.05, 3.63) is 50.9 Å². The summed E-state index contributed by atoms with van der Waals surface area (Å²) in [6, 6.07) is 6.81. The topological polar surface area (TPSA) is 9.23 Å². The summed E-state index contributed by atoms with van der Waals surface area (Å²) in [4.78, 5) is 0. The zero-order valence-corrected chi connectivity index (χ0v) is 22.9. The van der Waals surface area contributed by atoms with Crippen molar-refractivity contribution in [2.24, 2.45) is 5.41 Å². The Morgan fingerprint density at radius 3 is 2.00 bits per heavy atom. The van der Waals surface area contributed by atoms with Gasteiger partial charge in [-0.3, -0.25) is 0 Å². The standard InChI is InChI=1S/C11H16O.C9H13.C5H10.2ClH.Ti/c1-8-5-9(11(2,3)4)7-10(12)6-8;1-9(2,3)8-6-4-5-7-8;1-3-5-4-2;;;/h5-7,12H,1-4H3;4,6H,5H2,1-3H3;3-4H2,1-2H3;2*1H;/q;;;;;+1/p-1. The molecular formula is C25H40Cl2OTi. The van der Waals surface area contributed by atoms with Crippen molar-refractivity contribution in [2.45, 2.75) is 87.0 Å². The second-order valence-electron chi connectivity index (χ2n) is 9.78. The molecule has 0 heterocycles. The van der Waals surface area contributed by atoms with E-state index in [0.717, 1.165) is 25.0 Å². The predicted octanol–water partition coefficient (Wildman–Crippen LogP) is 8.30. The number of benzene rings is 1. The third-order valence-electron chi connectivity index (χ3n) is 5.33. The van der Waals surface area contributed by atoms with E-state index in [1.165, 1.54) is 16.7 Å². The Kier molecular flexibility index (Phi) is 11.2. The SMILES string of the molecule is CC[C](CC)=[Ti]([O]c1cc(C)cc(C(C)(C)C)c1)[C]1=C(C(C)(C)C)C=CC1.Cl.Cl. The molecule has 1 aromatic rings. The number of hydrogen-bond donors (Lipinski definition) is 0. The van der Waals surface area contributed by atoms with Gasteiger partial charge in [-0.1, -0.05) is 0 Å². The molecule has 0 unspecified atom stereocenters. The molecule has 0 amide bonds. The van der Waals surface area contributed by atoms with Gasteiger partial charge in [0, 0.05) is 0 Å². The van der Waals surface area contributed by atoms with Crippen LogP contribution >= 0.6 is 24.8 Å². The second-order valence-corrected chi connectivity index (χ2v) is 13.2. The van der Waals surface area contributed by atoms with Crippen LogP contribution in [0.3, 0.4) is 0 Å². The average molecular weight is 475 g/mol. The Morgan fingerprint density at radius 1 is 0.931 bits per heavy atom. The molecule has 1 aliphatic carbocycles. The van der Waals surface area contributed by atoms with Crippen LogP contribution in [0.5, 0.6) is 5.75 Å². The van der Waals surface area contributed by atoms with Crippen molar-refractivity contribution in [3.63, 3.8) is 0 Å². The van der Waals surface area contributed by atoms with Crippen LogP contribution in [-0.4, -0.2) is 3.81 Å². The smallest absolute Gasteiger partial charge is 0.147 e. The minimum Gasteiger partial charge on any atom is -0.147 e. The maximum Gasteiger partial charge on any atom is -0.147 e. The van der Waals surface area contributed by atoms with E-state index in [0.29, 0.717) is 0 Å². The van der Waals surface area contributed by atoms with E-state index in [-0.39, 0.29) is 35.6 Å². The Morgan fingerprint density at radius 2 is 1.52 bits per heavy atom. The first-order chi connectivity index (χ1) is 12.5. The van der Waals surface area contributed by atoms with Gasteiger partial charge in [-0.2, -0.15) is 0 Å². The van der Waals surface area contributed by atoms with Crippen LogP contribution in [0.4, 0.5) is 0 Å². The molecule has 0 aromatic heterocycles. The quantitative estimate of drug-likeness (QED) is 0.389. The summed E-state index contributed by atoms with van der Waals surface area (Å²) in [5, 5.41) is 0. The van der Waals surface area contributed by atoms with Crippen LogP contribution in [-0.2, 0) is 23.2 Å². The summed E-state index contributed by atoms with van der Waals surface area (Å²) in [6.45, 7) is 20.6. The minimum atomic E-state index is -1.99. The van der Waals surface area contributed by atoms with E-state index >= 15 is 0 Å². The van der Waals surface area contributed by atoms with E-state index in [4.69, 9.17) is 3.32 Å². The van der Waals surface area contributed by atoms with E-state index in [1.807, 2.05) is 0 Å². The maximum absolute atomic E-state index is 6.92. The summed E-state index contributed by atoms with van der Waals surface area (Å²) in [7, 11) is 0. The molecule has 0 spiro atoms. The summed E-state index contributed by atoms with van der Waals surface area (Å²) in [5.41, 5.74) is 4.48. The fourth-order valence-electron chi connectivity index (χ4n) is 3.70. The van der Waals surface area contributed by atoms with Crippen molar-refractivity contribution in [1.29, 1.82) is 0 Å². The Bertz CT molecular complexity index is 784. The zero-order valence-electron chi connectivity index (χ0n) is 19.7. The monoisotopic (exact) mass is 474 g/mol. The molecule has 0 saturated carbocycles. The summed E-state index contributed by atoms with van der Waals surface area (Å²) in [5.74, 6) is 1.07. The maximum atomic E-state index is 6.92. The summed E-state index contributed by atoms with van der Waals surface area (Å²) >= 11 is -1.99. The molecule has 1 aromatic carbocycles. The van der Waals surface area contributed by atoms with Crippen molar-refractivity contribution < 1.29 is 21.1 Å². The number of allylic oxidation sites excluding steroid dienone is 4. The molecule has 0 aliphatic heterocycles. The minimum absolute atomic E-state index is 0. The molecule has 164 valence electrons. The van der Waals surface area contributed by atoms with Gasteiger partial charge >= 0.3 is 174 Å². The van der Waals surface area contributed by atoms with Gasteiger partial charge in [-0.15, -0.1) is 24.8 Å². The Labute approximate surface area is 198 Å². The number of halogens is 2. The molecule has 1 nitrogen and oxygen atoms in total. The molecule has 0 N–H and O–H groups in total. The fraction of sp³-hybridized carbons (Fsp3) is 0.560. The van der Waals surface area contributed by atoms with Crippen LogP contribution in [0, 0.1) is 12.3 Å². The molecule has 0 saturated heterocycles. The molecule has 4 heteroatoms. The normalized spacial score (nSPS) is 13.7. The van der Waals surface area contributed by atoms with Crippen molar-refractivity contribution in [1.82, 2.24) is 0 Å². The van der Waals surface area contributed by atoms with Gasteiger partial charge in [-0.05, 0) is 0 Å². The van der Waals surface area contributed by atoms with Gasteiger partial charge in [0.25, 0.3) is 0 Å². The van der Waals surface area contributed by atoms with Gasteiger partial charge in [0.15, 0.2) is 0 Å². The molecule has 1 aliphatic rings. The number of hydrogen-bond acceptors (Lipinski definition) is 1. The van der Waals surface area contributed by atoms with Crippen LogP contribution < -0.4 is 3.32 Å². The third kappa shape index (κ3) is 7.39.